The van der Waals surface area contributed by atoms with Gasteiger partial charge in [0, 0.05) is 18.4 Å². The Hall–Kier alpha value is -1.37. The Bertz CT molecular complexity index is 681. The van der Waals surface area contributed by atoms with E-state index in [2.05, 4.69) is 10.2 Å². The van der Waals surface area contributed by atoms with Crippen molar-refractivity contribution in [1.82, 2.24) is 15.1 Å². The third kappa shape index (κ3) is 2.71. The summed E-state index contributed by atoms with van der Waals surface area (Å²) in [7, 11) is 0. The first-order chi connectivity index (χ1) is 12.1. The molecular weight excluding hydrogens is 338 g/mol. The Morgan fingerprint density at radius 3 is 2.44 bits per heavy atom. The number of imide groups is 1. The molecule has 5 fully saturated rings. The van der Waals surface area contributed by atoms with Gasteiger partial charge in [0.2, 0.25) is 17.7 Å². The van der Waals surface area contributed by atoms with Crippen molar-refractivity contribution in [2.24, 2.45) is 17.8 Å². The normalized spacial score (nSPS) is 36.4. The molecule has 5 aliphatic rings. The smallest absolute Gasteiger partial charge is 0.277 e. The van der Waals surface area contributed by atoms with Crippen LogP contribution in [-0.2, 0) is 15.0 Å². The fourth-order valence-electron chi connectivity index (χ4n) is 5.97. The molecule has 0 atom stereocenters. The average Bonchev–Trinajstić information content (AvgIpc) is 3.20. The molecule has 2 amide bonds. The predicted molar refractivity (Wildman–Crippen MR) is 90.8 cm³/mol. The number of carbonyl (C=O) groups excluding carboxylic acids is 2. The van der Waals surface area contributed by atoms with E-state index >= 15 is 0 Å². The number of hydrogen-bond donors (Lipinski definition) is 0. The first-order valence-corrected chi connectivity index (χ1v) is 10.4. The summed E-state index contributed by atoms with van der Waals surface area (Å²) in [6.07, 6.45) is 8.96. The van der Waals surface area contributed by atoms with E-state index in [1.165, 1.54) is 55.2 Å². The maximum Gasteiger partial charge on any atom is 0.277 e. The van der Waals surface area contributed by atoms with Crippen LogP contribution in [0.1, 0.15) is 57.3 Å². The van der Waals surface area contributed by atoms with Crippen molar-refractivity contribution < 1.29 is 14.0 Å². The Kier molecular flexibility index (Phi) is 3.69. The van der Waals surface area contributed by atoms with E-state index in [1.807, 2.05) is 0 Å². The van der Waals surface area contributed by atoms with E-state index in [0.717, 1.165) is 30.1 Å². The molecule has 6 rings (SSSR count). The van der Waals surface area contributed by atoms with Gasteiger partial charge in [-0.3, -0.25) is 14.5 Å². The van der Waals surface area contributed by atoms with Gasteiger partial charge >= 0.3 is 0 Å². The molecule has 134 valence electrons. The van der Waals surface area contributed by atoms with Crippen molar-refractivity contribution in [2.45, 2.75) is 62.0 Å². The second-order valence-corrected chi connectivity index (χ2v) is 9.33. The molecule has 0 unspecified atom stereocenters. The van der Waals surface area contributed by atoms with E-state index in [0.29, 0.717) is 18.2 Å². The molecule has 1 aromatic heterocycles. The lowest BCUT2D eigenvalue weighted by Gasteiger charge is -2.55. The number of thioether (sulfide) groups is 1. The van der Waals surface area contributed by atoms with Gasteiger partial charge < -0.3 is 4.42 Å². The maximum absolute atomic E-state index is 12.2. The van der Waals surface area contributed by atoms with Crippen LogP contribution < -0.4 is 0 Å². The molecule has 4 saturated carbocycles. The molecule has 6 nitrogen and oxygen atoms in total. The minimum absolute atomic E-state index is 0.0645. The number of rotatable bonds is 4. The Labute approximate surface area is 151 Å². The highest BCUT2D eigenvalue weighted by atomic mass is 32.2. The summed E-state index contributed by atoms with van der Waals surface area (Å²) in [5.74, 6) is 3.26. The minimum Gasteiger partial charge on any atom is -0.415 e. The number of amides is 2. The van der Waals surface area contributed by atoms with Crippen LogP contribution in [0.5, 0.6) is 0 Å². The summed E-state index contributed by atoms with van der Waals surface area (Å²) >= 11 is 1.26. The van der Waals surface area contributed by atoms with E-state index in [9.17, 15) is 9.59 Å². The predicted octanol–water partition coefficient (Wildman–Crippen LogP) is 2.78. The second-order valence-electron chi connectivity index (χ2n) is 8.40. The van der Waals surface area contributed by atoms with Crippen molar-refractivity contribution in [3.05, 3.63) is 5.89 Å². The van der Waals surface area contributed by atoms with Crippen LogP contribution in [0, 0.1) is 17.8 Å². The molecule has 1 saturated heterocycles. The minimum atomic E-state index is -0.151. The monoisotopic (exact) mass is 361 g/mol. The molecule has 4 aliphatic carbocycles. The lowest BCUT2D eigenvalue weighted by molar-refractivity contribution is -0.140. The SMILES string of the molecule is O=C1CCCN1C(=O)CSc1nnc(C23CC4CC(CC(C4)C2)C3)o1. The Morgan fingerprint density at radius 2 is 1.84 bits per heavy atom. The van der Waals surface area contributed by atoms with Gasteiger partial charge in [0.1, 0.15) is 0 Å². The first-order valence-electron chi connectivity index (χ1n) is 9.41. The number of aromatic nitrogens is 2. The van der Waals surface area contributed by atoms with Crippen LogP contribution in [0.2, 0.25) is 0 Å². The molecule has 0 spiro atoms. The van der Waals surface area contributed by atoms with Crippen molar-refractivity contribution in [3.63, 3.8) is 0 Å². The van der Waals surface area contributed by atoms with Gasteiger partial charge in [-0.1, -0.05) is 11.8 Å². The fraction of sp³-hybridized carbons (Fsp3) is 0.778. The molecule has 0 radical (unpaired) electrons. The number of likely N-dealkylation sites (tertiary alicyclic amines) is 1. The summed E-state index contributed by atoms with van der Waals surface area (Å²) < 4.78 is 5.99. The molecule has 1 aliphatic heterocycles. The summed E-state index contributed by atoms with van der Waals surface area (Å²) in [6.45, 7) is 0.542. The third-order valence-electron chi connectivity index (χ3n) is 6.59. The summed E-state index contributed by atoms with van der Waals surface area (Å²) in [6, 6.07) is 0. The average molecular weight is 361 g/mol. The van der Waals surface area contributed by atoms with Gasteiger partial charge in [-0.25, -0.2) is 0 Å². The van der Waals surface area contributed by atoms with Crippen LogP contribution in [0.15, 0.2) is 9.64 Å². The number of hydrogen-bond acceptors (Lipinski definition) is 6. The van der Waals surface area contributed by atoms with Gasteiger partial charge in [-0.05, 0) is 62.7 Å². The topological polar surface area (TPSA) is 76.3 Å². The highest BCUT2D eigenvalue weighted by Crippen LogP contribution is 2.60. The van der Waals surface area contributed by atoms with Crippen LogP contribution >= 0.6 is 11.8 Å². The number of nitrogens with zero attached hydrogens (tertiary/aromatic N) is 3. The standard InChI is InChI=1S/C18H23N3O3S/c22-14-2-1-3-21(14)15(23)10-25-17-20-19-16(24-17)18-7-11-4-12(8-18)6-13(5-11)9-18/h11-13H,1-10H2. The van der Waals surface area contributed by atoms with Gasteiger partial charge in [-0.15, -0.1) is 10.2 Å². The highest BCUT2D eigenvalue weighted by molar-refractivity contribution is 7.99. The molecule has 4 bridgehead atoms. The van der Waals surface area contributed by atoms with Gasteiger partial charge in [0.25, 0.3) is 5.22 Å². The lowest BCUT2D eigenvalue weighted by Crippen LogP contribution is -2.48. The third-order valence-corrected chi connectivity index (χ3v) is 7.40. The van der Waals surface area contributed by atoms with Crippen molar-refractivity contribution in [3.8, 4) is 0 Å². The van der Waals surface area contributed by atoms with Crippen molar-refractivity contribution in [1.29, 1.82) is 0 Å². The quantitative estimate of drug-likeness (QED) is 0.768. The van der Waals surface area contributed by atoms with Crippen LogP contribution in [0.25, 0.3) is 0 Å². The second kappa shape index (κ2) is 5.83. The zero-order valence-corrected chi connectivity index (χ0v) is 15.1. The fourth-order valence-corrected chi connectivity index (χ4v) is 6.61. The van der Waals surface area contributed by atoms with E-state index in [-0.39, 0.29) is 23.0 Å². The highest BCUT2D eigenvalue weighted by Gasteiger charge is 2.54. The van der Waals surface area contributed by atoms with Crippen molar-refractivity contribution >= 4 is 23.6 Å². The molecule has 7 heteroatoms. The number of carbonyl (C=O) groups is 2. The molecule has 25 heavy (non-hydrogen) atoms. The summed E-state index contributed by atoms with van der Waals surface area (Å²) in [5.41, 5.74) is 0.0927. The first kappa shape index (κ1) is 15.9. The van der Waals surface area contributed by atoms with Crippen LogP contribution in [0.3, 0.4) is 0 Å². The van der Waals surface area contributed by atoms with E-state index < -0.39 is 0 Å². The molecule has 0 aromatic carbocycles. The van der Waals surface area contributed by atoms with E-state index in [1.54, 1.807) is 0 Å². The van der Waals surface area contributed by atoms with Gasteiger partial charge in [0.05, 0.1) is 5.75 Å². The zero-order valence-electron chi connectivity index (χ0n) is 14.3. The molecule has 2 heterocycles. The maximum atomic E-state index is 12.2. The van der Waals surface area contributed by atoms with Crippen LogP contribution in [0.4, 0.5) is 0 Å². The zero-order chi connectivity index (χ0) is 17.0. The molecular formula is C18H23N3O3S. The largest absolute Gasteiger partial charge is 0.415 e. The summed E-state index contributed by atoms with van der Waals surface area (Å²) in [5, 5.41) is 9.01. The van der Waals surface area contributed by atoms with Crippen LogP contribution in [-0.4, -0.2) is 39.2 Å². The van der Waals surface area contributed by atoms with Gasteiger partial charge in [0.15, 0.2) is 0 Å². The summed E-state index contributed by atoms with van der Waals surface area (Å²) in [4.78, 5) is 25.1. The Morgan fingerprint density at radius 1 is 1.16 bits per heavy atom. The molecule has 0 N–H and O–H groups in total. The molecule has 1 aromatic rings. The van der Waals surface area contributed by atoms with Gasteiger partial charge in [-0.2, -0.15) is 0 Å². The lowest BCUT2D eigenvalue weighted by atomic mass is 9.49. The van der Waals surface area contributed by atoms with E-state index in [4.69, 9.17) is 4.42 Å². The Balaban J connectivity index is 1.26. The van der Waals surface area contributed by atoms with Crippen molar-refractivity contribution in [2.75, 3.05) is 12.3 Å².